The maximum absolute atomic E-state index is 13.6. The molecule has 104 valence electrons. The molecule has 0 N–H and O–H groups in total. The predicted octanol–water partition coefficient (Wildman–Crippen LogP) is 5.09. The third-order valence-electron chi connectivity index (χ3n) is 2.71. The van der Waals surface area contributed by atoms with Crippen molar-refractivity contribution >= 4 is 33.5 Å². The number of benzene rings is 2. The van der Waals surface area contributed by atoms with Gasteiger partial charge >= 0.3 is 0 Å². The van der Waals surface area contributed by atoms with Crippen molar-refractivity contribution in [3.63, 3.8) is 0 Å². The summed E-state index contributed by atoms with van der Waals surface area (Å²) in [5.74, 6) is -1.87. The van der Waals surface area contributed by atoms with E-state index in [0.29, 0.717) is 0 Å². The van der Waals surface area contributed by atoms with Crippen LogP contribution in [0.3, 0.4) is 0 Å². The Labute approximate surface area is 128 Å². The molecule has 2 aromatic rings. The quantitative estimate of drug-likeness (QED) is 0.560. The van der Waals surface area contributed by atoms with E-state index in [1.165, 1.54) is 17.8 Å². The number of carbonyl (C=O) groups excluding carboxylic acids is 1. The van der Waals surface area contributed by atoms with Crippen LogP contribution in [-0.4, -0.2) is 11.0 Å². The van der Waals surface area contributed by atoms with Crippen molar-refractivity contribution in [3.05, 3.63) is 64.1 Å². The third-order valence-corrected chi connectivity index (χ3v) is 4.84. The molecule has 5 heteroatoms. The number of ketones is 1. The van der Waals surface area contributed by atoms with E-state index in [1.54, 1.807) is 6.92 Å². The SMILES string of the molecule is CC(Sc1ccccc1Br)C(=O)c1ccc(F)cc1F. The molecule has 0 aliphatic rings. The molecule has 0 bridgehead atoms. The average Bonchev–Trinajstić information content (AvgIpc) is 2.40. The fourth-order valence-corrected chi connectivity index (χ4v) is 3.21. The highest BCUT2D eigenvalue weighted by atomic mass is 79.9. The van der Waals surface area contributed by atoms with Crippen LogP contribution in [-0.2, 0) is 0 Å². The summed E-state index contributed by atoms with van der Waals surface area (Å²) in [6.45, 7) is 1.70. The van der Waals surface area contributed by atoms with Crippen LogP contribution in [0.1, 0.15) is 17.3 Å². The fraction of sp³-hybridized carbons (Fsp3) is 0.133. The fourth-order valence-electron chi connectivity index (χ4n) is 1.69. The molecular weight excluding hydrogens is 346 g/mol. The molecular formula is C15H11BrF2OS. The molecule has 1 nitrogen and oxygen atoms in total. The zero-order valence-electron chi connectivity index (χ0n) is 10.6. The van der Waals surface area contributed by atoms with Gasteiger partial charge in [-0.1, -0.05) is 12.1 Å². The number of halogens is 3. The first-order chi connectivity index (χ1) is 9.49. The minimum atomic E-state index is -0.824. The zero-order valence-corrected chi connectivity index (χ0v) is 13.0. The first-order valence-corrected chi connectivity index (χ1v) is 7.56. The number of Topliss-reactive ketones (excluding diaryl/α,β-unsaturated/α-hetero) is 1. The Kier molecular flexibility index (Phi) is 4.94. The van der Waals surface area contributed by atoms with Gasteiger partial charge in [0.1, 0.15) is 11.6 Å². The summed E-state index contributed by atoms with van der Waals surface area (Å²) < 4.78 is 27.3. The van der Waals surface area contributed by atoms with Gasteiger partial charge < -0.3 is 0 Å². The molecule has 0 aliphatic carbocycles. The van der Waals surface area contributed by atoms with E-state index in [0.717, 1.165) is 21.5 Å². The molecule has 2 rings (SSSR count). The minimum absolute atomic E-state index is 0.0848. The van der Waals surface area contributed by atoms with Gasteiger partial charge in [0.15, 0.2) is 5.78 Å². The van der Waals surface area contributed by atoms with E-state index in [-0.39, 0.29) is 11.3 Å². The lowest BCUT2D eigenvalue weighted by molar-refractivity contribution is 0.0990. The molecule has 0 aromatic heterocycles. The Bertz CT molecular complexity index is 646. The summed E-state index contributed by atoms with van der Waals surface area (Å²) >= 11 is 4.73. The second-order valence-corrected chi connectivity index (χ2v) is 6.42. The molecule has 20 heavy (non-hydrogen) atoms. The van der Waals surface area contributed by atoms with E-state index in [2.05, 4.69) is 15.9 Å². The molecule has 2 aromatic carbocycles. The standard InChI is InChI=1S/C15H11BrF2OS/c1-9(20-14-5-3-2-4-12(14)16)15(19)11-7-6-10(17)8-13(11)18/h2-9H,1H3. The molecule has 0 radical (unpaired) electrons. The summed E-state index contributed by atoms with van der Waals surface area (Å²) in [5.41, 5.74) is -0.0848. The summed E-state index contributed by atoms with van der Waals surface area (Å²) in [6.07, 6.45) is 0. The molecule has 0 heterocycles. The van der Waals surface area contributed by atoms with E-state index in [4.69, 9.17) is 0 Å². The Balaban J connectivity index is 2.19. The molecule has 0 aliphatic heterocycles. The largest absolute Gasteiger partial charge is 0.293 e. The Morgan fingerprint density at radius 2 is 1.90 bits per heavy atom. The van der Waals surface area contributed by atoms with Crippen LogP contribution in [0.15, 0.2) is 51.8 Å². The first kappa shape index (κ1) is 15.2. The number of thioether (sulfide) groups is 1. The van der Waals surface area contributed by atoms with Crippen LogP contribution >= 0.6 is 27.7 Å². The highest BCUT2D eigenvalue weighted by molar-refractivity contribution is 9.10. The molecule has 0 spiro atoms. The van der Waals surface area contributed by atoms with Crippen LogP contribution in [0, 0.1) is 11.6 Å². The lowest BCUT2D eigenvalue weighted by Gasteiger charge is -2.12. The van der Waals surface area contributed by atoms with Gasteiger partial charge in [-0.2, -0.15) is 0 Å². The lowest BCUT2D eigenvalue weighted by Crippen LogP contribution is -2.15. The second-order valence-electron chi connectivity index (χ2n) is 4.18. The topological polar surface area (TPSA) is 17.1 Å². The van der Waals surface area contributed by atoms with Crippen LogP contribution in [0.2, 0.25) is 0 Å². The molecule has 1 unspecified atom stereocenters. The van der Waals surface area contributed by atoms with Gasteiger partial charge in [0.05, 0.1) is 10.8 Å². The van der Waals surface area contributed by atoms with Crippen molar-refractivity contribution in [2.24, 2.45) is 0 Å². The molecule has 0 amide bonds. The Hall–Kier alpha value is -1.20. The van der Waals surface area contributed by atoms with E-state index >= 15 is 0 Å². The Morgan fingerprint density at radius 1 is 1.20 bits per heavy atom. The average molecular weight is 357 g/mol. The van der Waals surface area contributed by atoms with Gasteiger partial charge in [0.25, 0.3) is 0 Å². The maximum Gasteiger partial charge on any atom is 0.178 e. The van der Waals surface area contributed by atoms with Gasteiger partial charge in [-0.3, -0.25) is 4.79 Å². The number of carbonyl (C=O) groups is 1. The molecule has 0 saturated carbocycles. The van der Waals surface area contributed by atoms with E-state index in [1.807, 2.05) is 24.3 Å². The normalized spacial score (nSPS) is 12.2. The summed E-state index contributed by atoms with van der Waals surface area (Å²) in [7, 11) is 0. The van der Waals surface area contributed by atoms with Crippen LogP contribution in [0.5, 0.6) is 0 Å². The number of hydrogen-bond acceptors (Lipinski definition) is 2. The van der Waals surface area contributed by atoms with Crippen LogP contribution < -0.4 is 0 Å². The van der Waals surface area contributed by atoms with Crippen molar-refractivity contribution in [1.82, 2.24) is 0 Å². The van der Waals surface area contributed by atoms with Crippen molar-refractivity contribution in [2.75, 3.05) is 0 Å². The van der Waals surface area contributed by atoms with Gasteiger partial charge in [0, 0.05) is 15.4 Å². The first-order valence-electron chi connectivity index (χ1n) is 5.89. The van der Waals surface area contributed by atoms with Gasteiger partial charge in [-0.15, -0.1) is 11.8 Å². The summed E-state index contributed by atoms with van der Waals surface area (Å²) in [4.78, 5) is 13.1. The highest BCUT2D eigenvalue weighted by Crippen LogP contribution is 2.32. The third kappa shape index (κ3) is 3.46. The molecule has 0 fully saturated rings. The van der Waals surface area contributed by atoms with Crippen molar-refractivity contribution < 1.29 is 13.6 Å². The lowest BCUT2D eigenvalue weighted by atomic mass is 10.1. The smallest absolute Gasteiger partial charge is 0.178 e. The zero-order chi connectivity index (χ0) is 14.7. The van der Waals surface area contributed by atoms with Crippen molar-refractivity contribution in [1.29, 1.82) is 0 Å². The van der Waals surface area contributed by atoms with Gasteiger partial charge in [-0.25, -0.2) is 8.78 Å². The second kappa shape index (κ2) is 6.50. The minimum Gasteiger partial charge on any atom is -0.293 e. The summed E-state index contributed by atoms with van der Waals surface area (Å²) in [6, 6.07) is 10.5. The van der Waals surface area contributed by atoms with E-state index < -0.39 is 16.9 Å². The Morgan fingerprint density at radius 3 is 2.55 bits per heavy atom. The molecule has 0 saturated heterocycles. The number of rotatable bonds is 4. The number of hydrogen-bond donors (Lipinski definition) is 0. The summed E-state index contributed by atoms with van der Waals surface area (Å²) in [5, 5.41) is -0.464. The molecule has 1 atom stereocenters. The van der Waals surface area contributed by atoms with Gasteiger partial charge in [-0.05, 0) is 47.1 Å². The monoisotopic (exact) mass is 356 g/mol. The van der Waals surface area contributed by atoms with Crippen LogP contribution in [0.4, 0.5) is 8.78 Å². The van der Waals surface area contributed by atoms with Crippen LogP contribution in [0.25, 0.3) is 0 Å². The van der Waals surface area contributed by atoms with Crippen molar-refractivity contribution in [2.45, 2.75) is 17.1 Å². The van der Waals surface area contributed by atoms with E-state index in [9.17, 15) is 13.6 Å². The highest BCUT2D eigenvalue weighted by Gasteiger charge is 2.20. The van der Waals surface area contributed by atoms with Gasteiger partial charge in [0.2, 0.25) is 0 Å². The predicted molar refractivity (Wildman–Crippen MR) is 80.1 cm³/mol. The maximum atomic E-state index is 13.6. The van der Waals surface area contributed by atoms with Crippen molar-refractivity contribution in [3.8, 4) is 0 Å².